The molecule has 1 aromatic carbocycles. The second-order valence-corrected chi connectivity index (χ2v) is 17.0. The summed E-state index contributed by atoms with van der Waals surface area (Å²) in [5, 5.41) is 5.53. The van der Waals surface area contributed by atoms with E-state index >= 15 is 0 Å². The van der Waals surface area contributed by atoms with Crippen LogP contribution < -0.4 is 16.4 Å². The minimum absolute atomic E-state index is 0.0903. The first kappa shape index (κ1) is 40.3. The highest BCUT2D eigenvalue weighted by Gasteiger charge is 2.45. The number of nitrogens with two attached hydrogens (primary N) is 1. The van der Waals surface area contributed by atoms with Gasteiger partial charge in [0.15, 0.2) is 0 Å². The molecule has 0 bridgehead atoms. The van der Waals surface area contributed by atoms with Crippen molar-refractivity contribution in [3.8, 4) is 0 Å². The number of piperidine rings is 2. The van der Waals surface area contributed by atoms with E-state index < -0.39 is 51.4 Å². The molecule has 3 aliphatic heterocycles. The Kier molecular flexibility index (Phi) is 14.9. The molecule has 0 aromatic heterocycles. The summed E-state index contributed by atoms with van der Waals surface area (Å²) in [6.45, 7) is 5.38. The van der Waals surface area contributed by atoms with Crippen LogP contribution in [0.1, 0.15) is 144 Å². The summed E-state index contributed by atoms with van der Waals surface area (Å²) in [5.74, 6) is -1.49. The van der Waals surface area contributed by atoms with Gasteiger partial charge in [-0.15, -0.1) is 0 Å². The first-order chi connectivity index (χ1) is 24.3. The van der Waals surface area contributed by atoms with Crippen LogP contribution in [0, 0.1) is 5.92 Å². The summed E-state index contributed by atoms with van der Waals surface area (Å²) in [6, 6.07) is 4.13. The number of sulfonamides is 1. The minimum Gasteiger partial charge on any atom is -0.444 e. The van der Waals surface area contributed by atoms with Gasteiger partial charge >= 0.3 is 6.09 Å². The molecule has 4 N–H and O–H groups in total. The van der Waals surface area contributed by atoms with Crippen molar-refractivity contribution in [1.82, 2.24) is 14.5 Å². The topological polar surface area (TPSA) is 185 Å². The maximum absolute atomic E-state index is 13.2. The molecule has 1 atom stereocenters. The first-order valence-corrected chi connectivity index (χ1v) is 20.4. The number of benzene rings is 1. The molecular formula is C37H57N5O8S. The number of amides is 5. The highest BCUT2D eigenvalue weighted by atomic mass is 32.2. The predicted octanol–water partition coefficient (Wildman–Crippen LogP) is 5.49. The van der Waals surface area contributed by atoms with Crippen LogP contribution >= 0.6 is 0 Å². The lowest BCUT2D eigenvalue weighted by molar-refractivity contribution is -0.136. The van der Waals surface area contributed by atoms with Gasteiger partial charge in [-0.1, -0.05) is 70.3 Å². The van der Waals surface area contributed by atoms with Crippen molar-refractivity contribution in [2.45, 2.75) is 135 Å². The second-order valence-electron chi connectivity index (χ2n) is 14.9. The standard InChI is InChI=1S/C37H57N5O8S/c1-37(2,50-36(38)47)26-27-20-23-41(24-21-27)51(48,49)25-14-12-10-8-6-4-3-5-7-9-11-13-22-39-29-17-15-16-28-32(29)35(46)42(34(28)45)30-18-19-31(43)40-33(30)44/h15-17,27,30,39H,3-14,18-26H2,1-2H3,(H2,38,47)(H,40,43,44). The van der Waals surface area contributed by atoms with Crippen molar-refractivity contribution in [2.24, 2.45) is 11.7 Å². The molecule has 0 spiro atoms. The molecule has 3 heterocycles. The van der Waals surface area contributed by atoms with E-state index in [9.17, 15) is 32.4 Å². The fourth-order valence-corrected chi connectivity index (χ4v) is 9.19. The Hall–Kier alpha value is -3.52. The molecule has 14 heteroatoms. The predicted molar refractivity (Wildman–Crippen MR) is 194 cm³/mol. The quantitative estimate of drug-likeness (QED) is 0.109. The van der Waals surface area contributed by atoms with Crippen LogP contribution in [0.5, 0.6) is 0 Å². The normalized spacial score (nSPS) is 18.9. The van der Waals surface area contributed by atoms with Crippen molar-refractivity contribution < 1.29 is 37.1 Å². The van der Waals surface area contributed by atoms with Gasteiger partial charge in [0.2, 0.25) is 21.8 Å². The molecule has 1 unspecified atom stereocenters. The van der Waals surface area contributed by atoms with E-state index in [1.165, 1.54) is 32.1 Å². The van der Waals surface area contributed by atoms with Gasteiger partial charge in [-0.3, -0.25) is 29.4 Å². The molecule has 3 aliphatic rings. The molecular weight excluding hydrogens is 675 g/mol. The van der Waals surface area contributed by atoms with Gasteiger partial charge in [-0.25, -0.2) is 17.5 Å². The van der Waals surface area contributed by atoms with Gasteiger partial charge in [-0.2, -0.15) is 0 Å². The third-order valence-electron chi connectivity index (χ3n) is 10.2. The van der Waals surface area contributed by atoms with Crippen LogP contribution in [0.15, 0.2) is 18.2 Å². The van der Waals surface area contributed by atoms with Crippen molar-refractivity contribution >= 4 is 45.4 Å². The first-order valence-electron chi connectivity index (χ1n) is 18.8. The van der Waals surface area contributed by atoms with E-state index in [2.05, 4.69) is 10.6 Å². The Balaban J connectivity index is 0.988. The van der Waals surface area contributed by atoms with E-state index in [-0.39, 0.29) is 24.2 Å². The zero-order valence-corrected chi connectivity index (χ0v) is 31.2. The van der Waals surface area contributed by atoms with Crippen LogP contribution in [-0.4, -0.2) is 84.4 Å². The van der Waals surface area contributed by atoms with Crippen LogP contribution in [0.3, 0.4) is 0 Å². The SMILES string of the molecule is CC(C)(CC1CCN(S(=O)(=O)CCCCCCCCCCCCCCNc2cccc3c2C(=O)N(C2CCC(=O)NC2=O)C3=O)CC1)OC(N)=O. The molecule has 13 nitrogen and oxygen atoms in total. The number of hydrogen-bond donors (Lipinski definition) is 3. The molecule has 1 aromatic rings. The number of nitrogens with zero attached hydrogens (tertiary/aromatic N) is 2. The zero-order valence-electron chi connectivity index (χ0n) is 30.4. The Bertz CT molecular complexity index is 1510. The van der Waals surface area contributed by atoms with E-state index in [0.29, 0.717) is 49.6 Å². The second kappa shape index (κ2) is 18.8. The minimum atomic E-state index is -3.24. The highest BCUT2D eigenvalue weighted by molar-refractivity contribution is 7.89. The monoisotopic (exact) mass is 731 g/mol. The molecule has 5 amide bonds. The molecule has 0 aliphatic carbocycles. The summed E-state index contributed by atoms with van der Waals surface area (Å²) in [4.78, 5) is 62.2. The van der Waals surface area contributed by atoms with E-state index in [1.807, 2.05) is 13.8 Å². The number of anilines is 1. The van der Waals surface area contributed by atoms with Crippen LogP contribution in [-0.2, 0) is 24.3 Å². The van der Waals surface area contributed by atoms with Crippen LogP contribution in [0.4, 0.5) is 10.5 Å². The average molecular weight is 732 g/mol. The number of fused-ring (bicyclic) bond motifs is 1. The Labute approximate surface area is 302 Å². The van der Waals surface area contributed by atoms with Crippen LogP contribution in [0.25, 0.3) is 0 Å². The van der Waals surface area contributed by atoms with E-state index in [0.717, 1.165) is 56.3 Å². The Morgan fingerprint density at radius 3 is 2.06 bits per heavy atom. The van der Waals surface area contributed by atoms with Crippen molar-refractivity contribution in [3.63, 3.8) is 0 Å². The molecule has 2 fully saturated rings. The lowest BCUT2D eigenvalue weighted by Gasteiger charge is -2.35. The molecule has 51 heavy (non-hydrogen) atoms. The third-order valence-corrected chi connectivity index (χ3v) is 12.2. The molecule has 2 saturated heterocycles. The molecule has 284 valence electrons. The summed E-state index contributed by atoms with van der Waals surface area (Å²) in [7, 11) is -3.24. The summed E-state index contributed by atoms with van der Waals surface area (Å²) < 4.78 is 32.5. The third kappa shape index (κ3) is 11.7. The fourth-order valence-electron chi connectivity index (χ4n) is 7.59. The lowest BCUT2D eigenvalue weighted by Crippen LogP contribution is -2.54. The van der Waals surface area contributed by atoms with Crippen molar-refractivity contribution in [2.75, 3.05) is 30.7 Å². The number of carbonyl (C=O) groups is 5. The number of rotatable bonds is 21. The summed E-state index contributed by atoms with van der Waals surface area (Å²) >= 11 is 0. The largest absolute Gasteiger partial charge is 0.444 e. The number of hydrogen-bond acceptors (Lipinski definition) is 9. The summed E-state index contributed by atoms with van der Waals surface area (Å²) in [5.41, 5.74) is 5.68. The molecule has 4 rings (SSSR count). The lowest BCUT2D eigenvalue weighted by atomic mass is 9.87. The van der Waals surface area contributed by atoms with E-state index in [1.54, 1.807) is 22.5 Å². The summed E-state index contributed by atoms with van der Waals surface area (Å²) in [6.07, 6.45) is 14.5. The van der Waals surface area contributed by atoms with E-state index in [4.69, 9.17) is 10.5 Å². The Morgan fingerprint density at radius 1 is 0.882 bits per heavy atom. The maximum Gasteiger partial charge on any atom is 0.405 e. The van der Waals surface area contributed by atoms with Crippen molar-refractivity contribution in [3.05, 3.63) is 29.3 Å². The molecule has 0 radical (unpaired) electrons. The van der Waals surface area contributed by atoms with Gasteiger partial charge in [0.05, 0.1) is 16.9 Å². The van der Waals surface area contributed by atoms with Gasteiger partial charge in [0.25, 0.3) is 11.8 Å². The number of nitrogens with one attached hydrogen (secondary N) is 2. The number of imide groups is 2. The zero-order chi connectivity index (χ0) is 37.0. The fraction of sp³-hybridized carbons (Fsp3) is 0.703. The van der Waals surface area contributed by atoms with Crippen LogP contribution in [0.2, 0.25) is 0 Å². The molecule has 0 saturated carbocycles. The number of ether oxygens (including phenoxy) is 1. The number of unbranched alkanes of at least 4 members (excludes halogenated alkanes) is 11. The smallest absolute Gasteiger partial charge is 0.405 e. The van der Waals surface area contributed by atoms with Gasteiger partial charge in [0.1, 0.15) is 11.6 Å². The van der Waals surface area contributed by atoms with Gasteiger partial charge < -0.3 is 15.8 Å². The maximum atomic E-state index is 13.2. The highest BCUT2D eigenvalue weighted by Crippen LogP contribution is 2.33. The Morgan fingerprint density at radius 2 is 1.47 bits per heavy atom. The van der Waals surface area contributed by atoms with Crippen molar-refractivity contribution in [1.29, 1.82) is 0 Å². The van der Waals surface area contributed by atoms with Gasteiger partial charge in [0, 0.05) is 31.7 Å². The van der Waals surface area contributed by atoms with Gasteiger partial charge in [-0.05, 0) is 70.4 Å². The average Bonchev–Trinajstić information content (AvgIpc) is 3.31. The number of primary amides is 1. The number of carbonyl (C=O) groups excluding carboxylic acids is 5.